The van der Waals surface area contributed by atoms with Crippen molar-refractivity contribution < 1.29 is 23.8 Å². The molecule has 5 heteroatoms. The van der Waals surface area contributed by atoms with E-state index < -0.39 is 12.2 Å². The Labute approximate surface area is 217 Å². The highest BCUT2D eigenvalue weighted by Crippen LogP contribution is 2.37. The van der Waals surface area contributed by atoms with Crippen molar-refractivity contribution in [2.24, 2.45) is 0 Å². The second kappa shape index (κ2) is 11.7. The first kappa shape index (κ1) is 25.9. The minimum Gasteiger partial charge on any atom is -0.427 e. The van der Waals surface area contributed by atoms with Gasteiger partial charge in [0.05, 0.1) is 0 Å². The molecule has 0 aliphatic heterocycles. The van der Waals surface area contributed by atoms with Gasteiger partial charge in [0.25, 0.3) is 0 Å². The van der Waals surface area contributed by atoms with E-state index in [1.807, 2.05) is 38.1 Å². The van der Waals surface area contributed by atoms with Crippen LogP contribution in [-0.4, -0.2) is 11.9 Å². The van der Waals surface area contributed by atoms with Crippen LogP contribution < -0.4 is 9.47 Å². The van der Waals surface area contributed by atoms with Gasteiger partial charge in [0.15, 0.2) is 0 Å². The molecule has 0 radical (unpaired) electrons. The Morgan fingerprint density at radius 2 is 0.757 bits per heavy atom. The second-order valence-corrected chi connectivity index (χ2v) is 9.04. The van der Waals surface area contributed by atoms with Crippen LogP contribution in [0.25, 0.3) is 0 Å². The number of esters is 2. The SMILES string of the molecule is CC(=O)Oc1ccc(C(OC(c2ccc(C)cc2)c2ccc(OC(C)=O)cc2)c2ccc(C)cc2)cc1. The third-order valence-corrected chi connectivity index (χ3v) is 5.92. The van der Waals surface area contributed by atoms with Gasteiger partial charge in [-0.05, 0) is 60.4 Å². The monoisotopic (exact) mass is 494 g/mol. The van der Waals surface area contributed by atoms with E-state index >= 15 is 0 Å². The fraction of sp³-hybridized carbons (Fsp3) is 0.188. The fourth-order valence-electron chi connectivity index (χ4n) is 4.07. The lowest BCUT2D eigenvalue weighted by Crippen LogP contribution is -2.14. The number of hydrogen-bond acceptors (Lipinski definition) is 5. The van der Waals surface area contributed by atoms with Gasteiger partial charge in [-0.3, -0.25) is 9.59 Å². The van der Waals surface area contributed by atoms with E-state index in [2.05, 4.69) is 48.5 Å². The first-order chi connectivity index (χ1) is 17.8. The van der Waals surface area contributed by atoms with E-state index in [9.17, 15) is 9.59 Å². The molecule has 0 heterocycles. The summed E-state index contributed by atoms with van der Waals surface area (Å²) in [5.41, 5.74) is 6.16. The smallest absolute Gasteiger partial charge is 0.308 e. The number of rotatable bonds is 8. The Morgan fingerprint density at radius 3 is 1.03 bits per heavy atom. The molecule has 2 unspecified atom stereocenters. The average Bonchev–Trinajstić information content (AvgIpc) is 2.87. The number of benzene rings is 4. The predicted octanol–water partition coefficient (Wildman–Crippen LogP) is 7.05. The van der Waals surface area contributed by atoms with E-state index in [-0.39, 0.29) is 11.9 Å². The van der Waals surface area contributed by atoms with Crippen molar-refractivity contribution in [3.8, 4) is 11.5 Å². The Hall–Kier alpha value is -4.22. The topological polar surface area (TPSA) is 61.8 Å². The van der Waals surface area contributed by atoms with Crippen LogP contribution in [0, 0.1) is 13.8 Å². The molecule has 0 saturated carbocycles. The molecule has 0 aliphatic rings. The highest BCUT2D eigenvalue weighted by Gasteiger charge is 2.24. The Bertz CT molecular complexity index is 1230. The minimum absolute atomic E-state index is 0.365. The molecule has 0 fully saturated rings. The summed E-state index contributed by atoms with van der Waals surface area (Å²) >= 11 is 0. The Morgan fingerprint density at radius 1 is 0.486 bits per heavy atom. The van der Waals surface area contributed by atoms with Crippen molar-refractivity contribution >= 4 is 11.9 Å². The lowest BCUT2D eigenvalue weighted by Gasteiger charge is -2.27. The number of carbonyl (C=O) groups is 2. The van der Waals surface area contributed by atoms with Crippen molar-refractivity contribution in [2.45, 2.75) is 39.9 Å². The first-order valence-electron chi connectivity index (χ1n) is 12.1. The molecule has 2 atom stereocenters. The number of aryl methyl sites for hydroxylation is 2. The van der Waals surface area contributed by atoms with Crippen LogP contribution in [0.4, 0.5) is 0 Å². The quantitative estimate of drug-likeness (QED) is 0.194. The van der Waals surface area contributed by atoms with Gasteiger partial charge in [-0.1, -0.05) is 83.9 Å². The van der Waals surface area contributed by atoms with Gasteiger partial charge in [0, 0.05) is 13.8 Å². The molecule has 5 nitrogen and oxygen atoms in total. The number of carbonyl (C=O) groups excluding carboxylic acids is 2. The van der Waals surface area contributed by atoms with Crippen LogP contribution >= 0.6 is 0 Å². The lowest BCUT2D eigenvalue weighted by atomic mass is 9.97. The van der Waals surface area contributed by atoms with Gasteiger partial charge in [0.2, 0.25) is 0 Å². The molecule has 37 heavy (non-hydrogen) atoms. The highest BCUT2D eigenvalue weighted by molar-refractivity contribution is 5.69. The Kier molecular flexibility index (Phi) is 8.16. The molecule has 0 aliphatic carbocycles. The van der Waals surface area contributed by atoms with Crippen molar-refractivity contribution in [1.29, 1.82) is 0 Å². The first-order valence-corrected chi connectivity index (χ1v) is 12.1. The summed E-state index contributed by atoms with van der Waals surface area (Å²) < 4.78 is 17.3. The molecule has 4 aromatic rings. The average molecular weight is 495 g/mol. The van der Waals surface area contributed by atoms with Gasteiger partial charge in [0.1, 0.15) is 23.7 Å². The van der Waals surface area contributed by atoms with Crippen LogP contribution in [-0.2, 0) is 14.3 Å². The summed E-state index contributed by atoms with van der Waals surface area (Å²) in [6, 6.07) is 31.3. The molecule has 0 bridgehead atoms. The summed E-state index contributed by atoms with van der Waals surface area (Å²) in [6.45, 7) is 6.86. The molecular weight excluding hydrogens is 464 g/mol. The summed E-state index contributed by atoms with van der Waals surface area (Å²) in [6.07, 6.45) is -0.794. The van der Waals surface area contributed by atoms with E-state index in [1.165, 1.54) is 13.8 Å². The number of ether oxygens (including phenoxy) is 3. The second-order valence-electron chi connectivity index (χ2n) is 9.04. The van der Waals surface area contributed by atoms with E-state index in [0.717, 1.165) is 33.4 Å². The summed E-state index contributed by atoms with van der Waals surface area (Å²) in [5.74, 6) is 0.233. The maximum atomic E-state index is 11.4. The molecule has 4 rings (SSSR count). The van der Waals surface area contributed by atoms with E-state index in [0.29, 0.717) is 11.5 Å². The molecule has 188 valence electrons. The van der Waals surface area contributed by atoms with Crippen molar-refractivity contribution in [3.63, 3.8) is 0 Å². The van der Waals surface area contributed by atoms with Crippen LogP contribution in [0.15, 0.2) is 97.1 Å². The normalized spacial score (nSPS) is 12.4. The summed E-state index contributed by atoms with van der Waals surface area (Å²) in [4.78, 5) is 22.8. The summed E-state index contributed by atoms with van der Waals surface area (Å²) in [7, 11) is 0. The fourth-order valence-corrected chi connectivity index (χ4v) is 4.07. The van der Waals surface area contributed by atoms with Gasteiger partial charge in [-0.2, -0.15) is 0 Å². The van der Waals surface area contributed by atoms with Crippen molar-refractivity contribution in [2.75, 3.05) is 0 Å². The molecule has 0 amide bonds. The standard InChI is InChI=1S/C32H30O5/c1-21-5-9-25(10-6-21)31(27-13-17-29(18-14-27)35-23(3)33)37-32(26-11-7-22(2)8-12-26)28-15-19-30(20-16-28)36-24(4)34/h5-20,31-32H,1-4H3. The molecule has 4 aromatic carbocycles. The van der Waals surface area contributed by atoms with Gasteiger partial charge in [-0.25, -0.2) is 0 Å². The van der Waals surface area contributed by atoms with Crippen LogP contribution in [0.1, 0.15) is 59.4 Å². The molecule has 0 N–H and O–H groups in total. The molecule has 0 aromatic heterocycles. The van der Waals surface area contributed by atoms with Gasteiger partial charge >= 0.3 is 11.9 Å². The lowest BCUT2D eigenvalue weighted by molar-refractivity contribution is -0.132. The van der Waals surface area contributed by atoms with Gasteiger partial charge in [-0.15, -0.1) is 0 Å². The maximum absolute atomic E-state index is 11.4. The predicted molar refractivity (Wildman–Crippen MR) is 143 cm³/mol. The van der Waals surface area contributed by atoms with Crippen molar-refractivity contribution in [3.05, 3.63) is 130 Å². The molecule has 0 saturated heterocycles. The van der Waals surface area contributed by atoms with Crippen LogP contribution in [0.3, 0.4) is 0 Å². The van der Waals surface area contributed by atoms with E-state index in [4.69, 9.17) is 14.2 Å². The Balaban J connectivity index is 1.75. The largest absolute Gasteiger partial charge is 0.427 e. The molecular formula is C32H30O5. The minimum atomic E-state index is -0.397. The van der Waals surface area contributed by atoms with Crippen molar-refractivity contribution in [1.82, 2.24) is 0 Å². The van der Waals surface area contributed by atoms with Crippen LogP contribution in [0.2, 0.25) is 0 Å². The third kappa shape index (κ3) is 6.93. The number of hydrogen-bond donors (Lipinski definition) is 0. The third-order valence-electron chi connectivity index (χ3n) is 5.92. The zero-order chi connectivity index (χ0) is 26.4. The zero-order valence-electron chi connectivity index (χ0n) is 21.4. The van der Waals surface area contributed by atoms with Gasteiger partial charge < -0.3 is 14.2 Å². The molecule has 0 spiro atoms. The highest BCUT2D eigenvalue weighted by atomic mass is 16.5. The summed E-state index contributed by atoms with van der Waals surface area (Å²) in [5, 5.41) is 0. The maximum Gasteiger partial charge on any atom is 0.308 e. The van der Waals surface area contributed by atoms with E-state index in [1.54, 1.807) is 24.3 Å². The van der Waals surface area contributed by atoms with Crippen LogP contribution in [0.5, 0.6) is 11.5 Å². The zero-order valence-corrected chi connectivity index (χ0v) is 21.4.